The molecule has 2 aromatic heterocycles. The second-order valence-electron chi connectivity index (χ2n) is 4.89. The fourth-order valence-electron chi connectivity index (χ4n) is 2.06. The molecule has 0 fully saturated rings. The van der Waals surface area contributed by atoms with E-state index in [-0.39, 0.29) is 24.1 Å². The summed E-state index contributed by atoms with van der Waals surface area (Å²) in [6.07, 6.45) is 4.65. The number of nitrogens with one attached hydrogen (secondary N) is 1. The molecule has 2 heterocycles. The zero-order valence-electron chi connectivity index (χ0n) is 12.1. The van der Waals surface area contributed by atoms with Crippen molar-refractivity contribution in [1.29, 1.82) is 0 Å². The van der Waals surface area contributed by atoms with Crippen molar-refractivity contribution in [3.8, 4) is 11.5 Å². The fourth-order valence-corrected chi connectivity index (χ4v) is 2.06. The van der Waals surface area contributed by atoms with Crippen LogP contribution < -0.4 is 10.9 Å². The monoisotopic (exact) mass is 290 g/mol. The molecule has 0 aliphatic rings. The van der Waals surface area contributed by atoms with E-state index < -0.39 is 0 Å². The second kappa shape index (κ2) is 6.83. The van der Waals surface area contributed by atoms with Crippen LogP contribution in [0, 0.1) is 0 Å². The number of carbonyl (C=O) groups excluding carboxylic acids is 1. The van der Waals surface area contributed by atoms with E-state index in [0.717, 1.165) is 12.8 Å². The van der Waals surface area contributed by atoms with Gasteiger partial charge in [-0.25, -0.2) is 0 Å². The van der Waals surface area contributed by atoms with Gasteiger partial charge in [0.2, 0.25) is 18.2 Å². The van der Waals surface area contributed by atoms with Crippen LogP contribution >= 0.6 is 0 Å². The number of rotatable bonds is 6. The van der Waals surface area contributed by atoms with Crippen molar-refractivity contribution in [1.82, 2.24) is 20.1 Å². The topological polar surface area (TPSA) is 90.0 Å². The highest BCUT2D eigenvalue weighted by molar-refractivity contribution is 5.76. The lowest BCUT2D eigenvalue weighted by Crippen LogP contribution is -2.37. The number of amides is 1. The molecule has 1 N–H and O–H groups in total. The molecule has 0 aromatic carbocycles. The third kappa shape index (κ3) is 4.01. The minimum Gasteiger partial charge on any atom is -0.423 e. The van der Waals surface area contributed by atoms with Gasteiger partial charge in [0.15, 0.2) is 0 Å². The van der Waals surface area contributed by atoms with Gasteiger partial charge in [0.05, 0.1) is 5.56 Å². The molecule has 0 aliphatic carbocycles. The first kappa shape index (κ1) is 15.0. The van der Waals surface area contributed by atoms with Gasteiger partial charge in [0, 0.05) is 18.3 Å². The lowest BCUT2D eigenvalue weighted by molar-refractivity contribution is -0.122. The second-order valence-corrected chi connectivity index (χ2v) is 4.89. The van der Waals surface area contributed by atoms with E-state index in [1.807, 2.05) is 6.92 Å². The van der Waals surface area contributed by atoms with E-state index >= 15 is 0 Å². The maximum Gasteiger partial charge on any atom is 0.251 e. The van der Waals surface area contributed by atoms with Gasteiger partial charge in [-0.15, -0.1) is 10.2 Å². The summed E-state index contributed by atoms with van der Waals surface area (Å²) in [5.41, 5.74) is 0.345. The van der Waals surface area contributed by atoms with Crippen molar-refractivity contribution < 1.29 is 9.21 Å². The Morgan fingerprint density at radius 1 is 1.48 bits per heavy atom. The quantitative estimate of drug-likeness (QED) is 0.863. The Bertz CT molecular complexity index is 648. The van der Waals surface area contributed by atoms with Gasteiger partial charge < -0.3 is 14.3 Å². The summed E-state index contributed by atoms with van der Waals surface area (Å²) >= 11 is 0. The van der Waals surface area contributed by atoms with Gasteiger partial charge in [-0.2, -0.15) is 0 Å². The highest BCUT2D eigenvalue weighted by Crippen LogP contribution is 2.13. The maximum absolute atomic E-state index is 11.9. The molecule has 0 radical (unpaired) electrons. The predicted octanol–water partition coefficient (Wildman–Crippen LogP) is 1.20. The number of hydrogen-bond donors (Lipinski definition) is 1. The molecular formula is C14H18N4O3. The van der Waals surface area contributed by atoms with Crippen LogP contribution in [0.15, 0.2) is 33.9 Å². The summed E-state index contributed by atoms with van der Waals surface area (Å²) < 4.78 is 6.40. The smallest absolute Gasteiger partial charge is 0.251 e. The maximum atomic E-state index is 11.9. The lowest BCUT2D eigenvalue weighted by Gasteiger charge is -2.13. The summed E-state index contributed by atoms with van der Waals surface area (Å²) in [5.74, 6) is 0.115. The van der Waals surface area contributed by atoms with Crippen LogP contribution in [0.4, 0.5) is 0 Å². The Hall–Kier alpha value is -2.44. The molecule has 21 heavy (non-hydrogen) atoms. The highest BCUT2D eigenvalue weighted by atomic mass is 16.4. The zero-order chi connectivity index (χ0) is 15.2. The lowest BCUT2D eigenvalue weighted by atomic mass is 10.2. The average Bonchev–Trinajstić information content (AvgIpc) is 2.95. The molecule has 0 bridgehead atoms. The Morgan fingerprint density at radius 3 is 2.95 bits per heavy atom. The van der Waals surface area contributed by atoms with Crippen molar-refractivity contribution >= 4 is 5.91 Å². The molecule has 1 amide bonds. The van der Waals surface area contributed by atoms with Gasteiger partial charge in [0.25, 0.3) is 5.56 Å². The largest absolute Gasteiger partial charge is 0.423 e. The molecule has 0 spiro atoms. The molecular weight excluding hydrogens is 272 g/mol. The normalized spacial score (nSPS) is 12.1. The van der Waals surface area contributed by atoms with Crippen molar-refractivity contribution in [2.24, 2.45) is 0 Å². The molecule has 7 heteroatoms. The Morgan fingerprint density at radius 2 is 2.29 bits per heavy atom. The van der Waals surface area contributed by atoms with Crippen LogP contribution in [0.25, 0.3) is 11.5 Å². The summed E-state index contributed by atoms with van der Waals surface area (Å²) in [6.45, 7) is 3.97. The summed E-state index contributed by atoms with van der Waals surface area (Å²) in [4.78, 5) is 23.7. The Labute approximate surface area is 122 Å². The Kier molecular flexibility index (Phi) is 4.86. The number of carbonyl (C=O) groups is 1. The molecule has 2 rings (SSSR count). The van der Waals surface area contributed by atoms with E-state index in [4.69, 9.17) is 4.42 Å². The predicted molar refractivity (Wildman–Crippen MR) is 76.5 cm³/mol. The van der Waals surface area contributed by atoms with E-state index in [0.29, 0.717) is 11.5 Å². The third-order valence-electron chi connectivity index (χ3n) is 3.03. The van der Waals surface area contributed by atoms with E-state index in [9.17, 15) is 9.59 Å². The number of nitrogens with zero attached hydrogens (tertiary/aromatic N) is 3. The van der Waals surface area contributed by atoms with E-state index in [1.165, 1.54) is 17.0 Å². The van der Waals surface area contributed by atoms with Crippen LogP contribution in [-0.2, 0) is 11.3 Å². The number of pyridine rings is 1. The number of hydrogen-bond acceptors (Lipinski definition) is 5. The standard InChI is InChI=1S/C14H18N4O3/c1-3-4-10(2)16-12(19)8-18-7-11(5-6-13(18)20)14-17-15-9-21-14/h5-7,9-10H,3-4,8H2,1-2H3,(H,16,19)/t10-/m1/s1. The van der Waals surface area contributed by atoms with Crippen LogP contribution in [0.5, 0.6) is 0 Å². The van der Waals surface area contributed by atoms with E-state index in [2.05, 4.69) is 22.4 Å². The van der Waals surface area contributed by atoms with Crippen LogP contribution in [0.3, 0.4) is 0 Å². The van der Waals surface area contributed by atoms with Gasteiger partial charge in [-0.1, -0.05) is 13.3 Å². The Balaban J connectivity index is 2.11. The first-order valence-electron chi connectivity index (χ1n) is 6.86. The van der Waals surface area contributed by atoms with Gasteiger partial charge >= 0.3 is 0 Å². The molecule has 0 unspecified atom stereocenters. The minimum absolute atomic E-state index is 0.0329. The SMILES string of the molecule is CCC[C@@H](C)NC(=O)Cn1cc(-c2nnco2)ccc1=O. The molecule has 7 nitrogen and oxygen atoms in total. The van der Waals surface area contributed by atoms with Crippen molar-refractivity contribution in [2.45, 2.75) is 39.3 Å². The number of aromatic nitrogens is 3. The zero-order valence-corrected chi connectivity index (χ0v) is 12.1. The molecule has 1 atom stereocenters. The van der Waals surface area contributed by atoms with E-state index in [1.54, 1.807) is 12.3 Å². The summed E-state index contributed by atoms with van der Waals surface area (Å²) in [6, 6.07) is 3.06. The molecule has 0 saturated carbocycles. The third-order valence-corrected chi connectivity index (χ3v) is 3.03. The summed E-state index contributed by atoms with van der Waals surface area (Å²) in [5, 5.41) is 10.2. The molecule has 0 aliphatic heterocycles. The van der Waals surface area contributed by atoms with Gasteiger partial charge in [-0.05, 0) is 19.4 Å². The van der Waals surface area contributed by atoms with Crippen LogP contribution in [-0.4, -0.2) is 26.7 Å². The minimum atomic E-state index is -0.253. The molecule has 0 saturated heterocycles. The van der Waals surface area contributed by atoms with Crippen molar-refractivity contribution in [3.05, 3.63) is 35.1 Å². The van der Waals surface area contributed by atoms with Crippen LogP contribution in [0.2, 0.25) is 0 Å². The molecule has 112 valence electrons. The summed E-state index contributed by atoms with van der Waals surface area (Å²) in [7, 11) is 0. The molecule has 2 aromatic rings. The van der Waals surface area contributed by atoms with Crippen molar-refractivity contribution in [2.75, 3.05) is 0 Å². The average molecular weight is 290 g/mol. The van der Waals surface area contributed by atoms with Gasteiger partial charge in [-0.3, -0.25) is 9.59 Å². The first-order chi connectivity index (χ1) is 10.1. The first-order valence-corrected chi connectivity index (χ1v) is 6.86. The van der Waals surface area contributed by atoms with Gasteiger partial charge in [0.1, 0.15) is 6.54 Å². The van der Waals surface area contributed by atoms with Crippen LogP contribution in [0.1, 0.15) is 26.7 Å². The van der Waals surface area contributed by atoms with Crippen molar-refractivity contribution in [3.63, 3.8) is 0 Å². The fraction of sp³-hybridized carbons (Fsp3) is 0.429. The highest BCUT2D eigenvalue weighted by Gasteiger charge is 2.10.